The monoisotopic (exact) mass is 418 g/mol. The lowest BCUT2D eigenvalue weighted by Gasteiger charge is -2.37. The van der Waals surface area contributed by atoms with Crippen molar-refractivity contribution in [2.24, 2.45) is 5.92 Å². The van der Waals surface area contributed by atoms with Gasteiger partial charge in [0.25, 0.3) is 5.91 Å². The molecule has 1 aliphatic rings. The van der Waals surface area contributed by atoms with E-state index >= 15 is 0 Å². The third kappa shape index (κ3) is 4.27. The minimum absolute atomic E-state index is 0.105. The molecule has 8 heteroatoms. The van der Waals surface area contributed by atoms with Gasteiger partial charge in [0.1, 0.15) is 5.54 Å². The minimum atomic E-state index is -1.33. The number of aromatic nitrogens is 1. The van der Waals surface area contributed by atoms with Gasteiger partial charge in [0.05, 0.1) is 12.7 Å². The smallest absolute Gasteiger partial charge is 0.329 e. The van der Waals surface area contributed by atoms with Crippen molar-refractivity contribution in [3.8, 4) is 17.0 Å². The summed E-state index contributed by atoms with van der Waals surface area (Å²) in [6.07, 6.45) is 4.40. The average molecular weight is 418 g/mol. The van der Waals surface area contributed by atoms with Crippen LogP contribution in [0.4, 0.5) is 8.78 Å². The van der Waals surface area contributed by atoms with Crippen molar-refractivity contribution in [2.75, 3.05) is 7.11 Å². The van der Waals surface area contributed by atoms with Gasteiger partial charge in [-0.1, -0.05) is 19.4 Å². The van der Waals surface area contributed by atoms with E-state index in [1.807, 2.05) is 0 Å². The highest BCUT2D eigenvalue weighted by Gasteiger charge is 2.43. The Morgan fingerprint density at radius 3 is 2.50 bits per heavy atom. The maximum atomic E-state index is 13.7. The fourth-order valence-corrected chi connectivity index (χ4v) is 3.87. The number of hydrogen-bond acceptors (Lipinski definition) is 4. The average Bonchev–Trinajstić information content (AvgIpc) is 2.75. The molecule has 3 rings (SSSR count). The molecule has 1 amide bonds. The van der Waals surface area contributed by atoms with Gasteiger partial charge in [0, 0.05) is 11.8 Å². The zero-order chi connectivity index (χ0) is 21.9. The molecule has 1 saturated carbocycles. The number of methoxy groups -OCH3 is 1. The first-order valence-electron chi connectivity index (χ1n) is 9.85. The zero-order valence-corrected chi connectivity index (χ0v) is 16.9. The molecule has 0 bridgehead atoms. The molecule has 0 spiro atoms. The molecular weight excluding hydrogens is 394 g/mol. The predicted molar refractivity (Wildman–Crippen MR) is 106 cm³/mol. The van der Waals surface area contributed by atoms with Crippen LogP contribution in [0.5, 0.6) is 5.88 Å². The molecule has 1 aromatic heterocycles. The number of nitrogens with one attached hydrogen (secondary N) is 1. The van der Waals surface area contributed by atoms with Gasteiger partial charge in [-0.25, -0.2) is 18.6 Å². The molecule has 1 heterocycles. The van der Waals surface area contributed by atoms with Crippen LogP contribution in [0.3, 0.4) is 0 Å². The Balaban J connectivity index is 1.90. The van der Waals surface area contributed by atoms with Gasteiger partial charge in [-0.05, 0) is 55.4 Å². The molecule has 1 aromatic carbocycles. The van der Waals surface area contributed by atoms with Crippen LogP contribution in [0, 0.1) is 17.6 Å². The number of carbonyl (C=O) groups is 2. The Morgan fingerprint density at radius 2 is 1.93 bits per heavy atom. The van der Waals surface area contributed by atoms with Gasteiger partial charge >= 0.3 is 5.97 Å². The molecule has 1 fully saturated rings. The van der Waals surface area contributed by atoms with Crippen LogP contribution in [-0.2, 0) is 4.79 Å². The highest BCUT2D eigenvalue weighted by Crippen LogP contribution is 2.35. The number of hydrogen-bond donors (Lipinski definition) is 2. The Morgan fingerprint density at radius 1 is 1.23 bits per heavy atom. The topological polar surface area (TPSA) is 88.5 Å². The molecular formula is C22H24F2N2O4. The van der Waals surface area contributed by atoms with E-state index in [-0.39, 0.29) is 17.0 Å². The minimum Gasteiger partial charge on any atom is -0.481 e. The Hall–Kier alpha value is -3.03. The summed E-state index contributed by atoms with van der Waals surface area (Å²) in [4.78, 5) is 28.9. The first-order valence-corrected chi connectivity index (χ1v) is 9.85. The van der Waals surface area contributed by atoms with Gasteiger partial charge in [-0.2, -0.15) is 0 Å². The maximum Gasteiger partial charge on any atom is 0.329 e. The lowest BCUT2D eigenvalue weighted by Crippen LogP contribution is -2.56. The number of ether oxygens (including phenoxy) is 1. The molecule has 1 aliphatic carbocycles. The molecule has 0 saturated heterocycles. The van der Waals surface area contributed by atoms with Crippen molar-refractivity contribution in [1.29, 1.82) is 0 Å². The second kappa shape index (κ2) is 8.77. The second-order valence-corrected chi connectivity index (χ2v) is 7.60. The van der Waals surface area contributed by atoms with E-state index in [4.69, 9.17) is 4.74 Å². The van der Waals surface area contributed by atoms with Gasteiger partial charge in [-0.15, -0.1) is 0 Å². The largest absolute Gasteiger partial charge is 0.481 e. The van der Waals surface area contributed by atoms with E-state index < -0.39 is 29.0 Å². The third-order valence-corrected chi connectivity index (χ3v) is 5.84. The molecule has 2 aromatic rings. The van der Waals surface area contributed by atoms with Gasteiger partial charge in [0.2, 0.25) is 5.88 Å². The van der Waals surface area contributed by atoms with Crippen molar-refractivity contribution in [3.05, 3.63) is 47.7 Å². The van der Waals surface area contributed by atoms with Crippen molar-refractivity contribution in [3.63, 3.8) is 0 Å². The highest BCUT2D eigenvalue weighted by molar-refractivity contribution is 5.98. The quantitative estimate of drug-likeness (QED) is 0.734. The van der Waals surface area contributed by atoms with Crippen LogP contribution in [0.2, 0.25) is 0 Å². The van der Waals surface area contributed by atoms with Crippen LogP contribution >= 0.6 is 0 Å². The molecule has 0 radical (unpaired) electrons. The fourth-order valence-electron chi connectivity index (χ4n) is 3.87. The standard InChI is InChI=1S/C22H24F2N2O4/c1-3-13-6-8-22(9-7-13,21(28)29)26-19(27)15-10-16(20(30-2)25-12-15)14-4-5-17(23)18(24)11-14/h4-5,10-13H,3,6-9H2,1-2H3,(H,26,27)(H,28,29)/t13-,22-. The normalized spacial score (nSPS) is 21.1. The fraction of sp³-hybridized carbons (Fsp3) is 0.409. The van der Waals surface area contributed by atoms with Crippen LogP contribution in [0.15, 0.2) is 30.5 Å². The Kier molecular flexibility index (Phi) is 6.34. The van der Waals surface area contributed by atoms with Gasteiger partial charge in [0.15, 0.2) is 11.6 Å². The number of carboxylic acids is 1. The first-order chi connectivity index (χ1) is 14.3. The number of rotatable bonds is 6. The van der Waals surface area contributed by atoms with Crippen molar-refractivity contribution in [2.45, 2.75) is 44.6 Å². The number of halogens is 2. The van der Waals surface area contributed by atoms with E-state index in [1.165, 1.54) is 25.4 Å². The first kappa shape index (κ1) is 21.7. The van der Waals surface area contributed by atoms with E-state index in [2.05, 4.69) is 17.2 Å². The van der Waals surface area contributed by atoms with Gasteiger partial charge < -0.3 is 15.2 Å². The van der Waals surface area contributed by atoms with E-state index in [9.17, 15) is 23.5 Å². The molecule has 160 valence electrons. The molecule has 0 aliphatic heterocycles. The summed E-state index contributed by atoms with van der Waals surface area (Å²) in [5.74, 6) is -3.10. The lowest BCUT2D eigenvalue weighted by atomic mass is 9.75. The number of benzene rings is 1. The summed E-state index contributed by atoms with van der Waals surface area (Å²) in [7, 11) is 1.37. The molecule has 30 heavy (non-hydrogen) atoms. The number of pyridine rings is 1. The predicted octanol–water partition coefficient (Wildman–Crippen LogP) is 4.19. The molecule has 6 nitrogen and oxygen atoms in total. The summed E-state index contributed by atoms with van der Waals surface area (Å²) in [6.45, 7) is 2.07. The Bertz CT molecular complexity index is 956. The van der Waals surface area contributed by atoms with E-state index in [0.717, 1.165) is 31.4 Å². The zero-order valence-electron chi connectivity index (χ0n) is 16.9. The van der Waals surface area contributed by atoms with Crippen molar-refractivity contribution in [1.82, 2.24) is 10.3 Å². The van der Waals surface area contributed by atoms with Crippen molar-refractivity contribution >= 4 is 11.9 Å². The van der Waals surface area contributed by atoms with E-state index in [1.54, 1.807) is 0 Å². The number of nitrogens with zero attached hydrogens (tertiary/aromatic N) is 1. The van der Waals surface area contributed by atoms with Crippen molar-refractivity contribution < 1.29 is 28.2 Å². The van der Waals surface area contributed by atoms with E-state index in [0.29, 0.717) is 24.3 Å². The lowest BCUT2D eigenvalue weighted by molar-refractivity contribution is -0.146. The Labute approximate surface area is 173 Å². The molecule has 2 N–H and O–H groups in total. The summed E-state index contributed by atoms with van der Waals surface area (Å²) in [6, 6.07) is 4.75. The summed E-state index contributed by atoms with van der Waals surface area (Å²) in [5.41, 5.74) is -0.647. The highest BCUT2D eigenvalue weighted by atomic mass is 19.2. The summed E-state index contributed by atoms with van der Waals surface area (Å²) >= 11 is 0. The van der Waals surface area contributed by atoms with Crippen LogP contribution in [0.25, 0.3) is 11.1 Å². The van der Waals surface area contributed by atoms with Crippen LogP contribution in [0.1, 0.15) is 49.4 Å². The number of aliphatic carboxylic acids is 1. The molecule has 0 unspecified atom stereocenters. The molecule has 0 atom stereocenters. The number of carbonyl (C=O) groups excluding carboxylic acids is 1. The summed E-state index contributed by atoms with van der Waals surface area (Å²) < 4.78 is 32.2. The van der Waals surface area contributed by atoms with Gasteiger partial charge in [-0.3, -0.25) is 4.79 Å². The number of amides is 1. The third-order valence-electron chi connectivity index (χ3n) is 5.84. The SMILES string of the molecule is CC[C@H]1CC[C@@](NC(=O)c2cnc(OC)c(-c3ccc(F)c(F)c3)c2)(C(=O)O)CC1. The van der Waals surface area contributed by atoms with Crippen LogP contribution in [-0.4, -0.2) is 34.6 Å². The second-order valence-electron chi connectivity index (χ2n) is 7.60. The summed E-state index contributed by atoms with van der Waals surface area (Å²) in [5, 5.41) is 12.5. The maximum absolute atomic E-state index is 13.7. The van der Waals surface area contributed by atoms with Crippen LogP contribution < -0.4 is 10.1 Å². The number of carboxylic acid groups (broad SMARTS) is 1.